The van der Waals surface area contributed by atoms with E-state index in [4.69, 9.17) is 24.8 Å². The van der Waals surface area contributed by atoms with E-state index in [2.05, 4.69) is 15.5 Å². The third-order valence-electron chi connectivity index (χ3n) is 5.76. The number of thioether (sulfide) groups is 2. The first-order valence-electron chi connectivity index (χ1n) is 11.9. The molecule has 0 spiro atoms. The fourth-order valence-corrected chi connectivity index (χ4v) is 7.09. The summed E-state index contributed by atoms with van der Waals surface area (Å²) in [7, 11) is 1.28. The van der Waals surface area contributed by atoms with Gasteiger partial charge in [-0.15, -0.1) is 34.9 Å². The van der Waals surface area contributed by atoms with E-state index in [1.54, 1.807) is 26.2 Å². The van der Waals surface area contributed by atoms with Gasteiger partial charge in [-0.25, -0.2) is 9.78 Å². The molecule has 3 aliphatic heterocycles. The minimum Gasteiger partial charge on any atom is -0.427 e. The molecule has 1 aromatic rings. The molecule has 0 saturated carbocycles. The van der Waals surface area contributed by atoms with Crippen LogP contribution in [0.25, 0.3) is 0 Å². The largest absolute Gasteiger partial charge is 0.427 e. The predicted octanol–water partition coefficient (Wildman–Crippen LogP) is 1.30. The average Bonchev–Trinajstić information content (AvgIpc) is 3.56. The molecule has 0 radical (unpaired) electrons. The fraction of sp³-hybridized carbons (Fsp3) is 0.565. The average molecular weight is 600 g/mol. The van der Waals surface area contributed by atoms with Gasteiger partial charge in [0.05, 0.1) is 12.0 Å². The van der Waals surface area contributed by atoms with Crippen LogP contribution in [-0.2, 0) is 38.2 Å². The molecule has 39 heavy (non-hydrogen) atoms. The zero-order chi connectivity index (χ0) is 28.3. The van der Waals surface area contributed by atoms with Crippen molar-refractivity contribution in [2.75, 3.05) is 38.6 Å². The molecule has 3 unspecified atom stereocenters. The number of nitrogens with one attached hydrogen (secondary N) is 1. The maximum atomic E-state index is 13.3. The molecule has 2 amide bonds. The number of hydrogen-bond donors (Lipinski definition) is 2. The third-order valence-corrected chi connectivity index (χ3v) is 9.23. The number of amides is 2. The zero-order valence-corrected chi connectivity index (χ0v) is 24.2. The summed E-state index contributed by atoms with van der Waals surface area (Å²) in [6, 6.07) is -0.927. The van der Waals surface area contributed by atoms with E-state index in [9.17, 15) is 19.2 Å². The number of ether oxygens (including phenoxy) is 3. The Hall–Kier alpha value is -2.82. The van der Waals surface area contributed by atoms with Gasteiger partial charge in [0.15, 0.2) is 10.8 Å². The molecule has 3 N–H and O–H groups in total. The van der Waals surface area contributed by atoms with Gasteiger partial charge in [-0.05, 0) is 27.2 Å². The van der Waals surface area contributed by atoms with Gasteiger partial charge in [-0.2, -0.15) is 0 Å². The van der Waals surface area contributed by atoms with Crippen LogP contribution in [0.1, 0.15) is 32.9 Å². The minimum absolute atomic E-state index is 0.0796. The lowest BCUT2D eigenvalue weighted by molar-refractivity contribution is -0.173. The second-order valence-electron chi connectivity index (χ2n) is 9.66. The molecule has 0 bridgehead atoms. The number of thiazole rings is 1. The quantitative estimate of drug-likeness (QED) is 0.137. The number of fused-ring (bicyclic) bond motifs is 1. The standard InChI is InChI=1S/C23H29N5O8S3/c1-23(2,3)21(32)36-10-35-20(31)16-13(39-11-5-6-34-7-11)9-37-19-15(18(30)28(16)19)26-17(29)14(27-33-4)12-8-38-22(24)25-12/h8,11,15,19H,5-7,9-10H2,1-4H3,(H2,24,25)(H,26,29)/b27-14-. The molecule has 3 atom stereocenters. The Morgan fingerprint density at radius 1 is 1.33 bits per heavy atom. The second-order valence-corrected chi connectivity index (χ2v) is 13.1. The van der Waals surface area contributed by atoms with Crippen molar-refractivity contribution in [1.29, 1.82) is 0 Å². The van der Waals surface area contributed by atoms with Crippen LogP contribution in [0, 0.1) is 5.41 Å². The van der Waals surface area contributed by atoms with Gasteiger partial charge >= 0.3 is 11.9 Å². The monoisotopic (exact) mass is 599 g/mol. The first kappa shape index (κ1) is 29.2. The van der Waals surface area contributed by atoms with E-state index in [0.717, 1.165) is 17.8 Å². The van der Waals surface area contributed by atoms with Crippen molar-refractivity contribution in [3.05, 3.63) is 21.7 Å². The summed E-state index contributed by atoms with van der Waals surface area (Å²) in [4.78, 5) is 62.4. The highest BCUT2D eigenvalue weighted by Crippen LogP contribution is 2.45. The lowest BCUT2D eigenvalue weighted by Gasteiger charge is -2.49. The molecule has 1 aromatic heterocycles. The predicted molar refractivity (Wildman–Crippen MR) is 145 cm³/mol. The SMILES string of the molecule is CO/N=C(\C(=O)NC1C(=O)N2C(C(=O)OCOC(=O)C(C)(C)C)=C(SC3CCOC3)CSC12)c1csc(N)n1. The van der Waals surface area contributed by atoms with Crippen molar-refractivity contribution >= 4 is 69.5 Å². The number of hydrogen-bond acceptors (Lipinski definition) is 14. The maximum absolute atomic E-state index is 13.3. The summed E-state index contributed by atoms with van der Waals surface area (Å²) in [6.45, 7) is 5.61. The van der Waals surface area contributed by atoms with Crippen LogP contribution < -0.4 is 11.1 Å². The normalized spacial score (nSPS) is 23.2. The van der Waals surface area contributed by atoms with Crippen molar-refractivity contribution in [2.24, 2.45) is 10.6 Å². The number of nitrogens with zero attached hydrogens (tertiary/aromatic N) is 3. The van der Waals surface area contributed by atoms with E-state index in [1.165, 1.54) is 35.5 Å². The second kappa shape index (κ2) is 12.1. The van der Waals surface area contributed by atoms with Gasteiger partial charge in [-0.3, -0.25) is 19.3 Å². The number of nitrogens with two attached hydrogens (primary N) is 1. The molecule has 2 saturated heterocycles. The van der Waals surface area contributed by atoms with Crippen molar-refractivity contribution in [3.63, 3.8) is 0 Å². The van der Waals surface area contributed by atoms with E-state index in [1.807, 2.05) is 0 Å². The first-order chi connectivity index (χ1) is 18.5. The Labute approximate surface area is 237 Å². The number of β-lactam (4-membered cyclic amide) rings is 1. The Kier molecular flexibility index (Phi) is 9.08. The lowest BCUT2D eigenvalue weighted by Crippen LogP contribution is -2.71. The van der Waals surface area contributed by atoms with Gasteiger partial charge in [0.2, 0.25) is 6.79 Å². The molecular formula is C23H29N5O8S3. The number of oxime groups is 1. The van der Waals surface area contributed by atoms with Gasteiger partial charge in [-0.1, -0.05) is 5.16 Å². The summed E-state index contributed by atoms with van der Waals surface area (Å²) in [5.74, 6) is -2.07. The fourth-order valence-electron chi connectivity index (χ4n) is 3.80. The van der Waals surface area contributed by atoms with Gasteiger partial charge in [0, 0.05) is 27.9 Å². The van der Waals surface area contributed by atoms with Crippen molar-refractivity contribution in [3.8, 4) is 0 Å². The minimum atomic E-state index is -0.927. The summed E-state index contributed by atoms with van der Waals surface area (Å²) in [6.07, 6.45) is 0.809. The zero-order valence-electron chi connectivity index (χ0n) is 21.8. The van der Waals surface area contributed by atoms with Crippen LogP contribution in [0.5, 0.6) is 0 Å². The molecule has 212 valence electrons. The van der Waals surface area contributed by atoms with Crippen LogP contribution >= 0.6 is 34.9 Å². The summed E-state index contributed by atoms with van der Waals surface area (Å²) in [5, 5.41) is 7.78. The van der Waals surface area contributed by atoms with E-state index < -0.39 is 47.4 Å². The molecule has 4 heterocycles. The molecule has 3 aliphatic rings. The number of anilines is 1. The highest BCUT2D eigenvalue weighted by atomic mass is 32.2. The van der Waals surface area contributed by atoms with Crippen molar-refractivity contribution < 1.29 is 38.2 Å². The summed E-state index contributed by atoms with van der Waals surface area (Å²) < 4.78 is 15.8. The first-order valence-corrected chi connectivity index (χ1v) is 14.7. The number of rotatable bonds is 9. The Morgan fingerprint density at radius 3 is 2.72 bits per heavy atom. The van der Waals surface area contributed by atoms with E-state index in [-0.39, 0.29) is 27.5 Å². The molecular weight excluding hydrogens is 570 g/mol. The molecule has 0 aliphatic carbocycles. The number of carbonyl (C=O) groups is 4. The number of carbonyl (C=O) groups excluding carboxylic acids is 4. The maximum Gasteiger partial charge on any atom is 0.358 e. The molecule has 4 rings (SSSR count). The van der Waals surface area contributed by atoms with Crippen molar-refractivity contribution in [1.82, 2.24) is 15.2 Å². The summed E-state index contributed by atoms with van der Waals surface area (Å²) in [5.41, 5.74) is 5.07. The Bertz CT molecular complexity index is 1200. The number of nitrogen functional groups attached to an aromatic ring is 1. The lowest BCUT2D eigenvalue weighted by atomic mass is 9.98. The highest BCUT2D eigenvalue weighted by Gasteiger charge is 2.55. The summed E-state index contributed by atoms with van der Waals surface area (Å²) >= 11 is 4.01. The van der Waals surface area contributed by atoms with Crippen LogP contribution in [0.15, 0.2) is 21.1 Å². The third kappa shape index (κ3) is 6.50. The topological polar surface area (TPSA) is 172 Å². The van der Waals surface area contributed by atoms with Crippen LogP contribution in [0.2, 0.25) is 0 Å². The van der Waals surface area contributed by atoms with E-state index in [0.29, 0.717) is 23.9 Å². The van der Waals surface area contributed by atoms with Gasteiger partial charge in [0.25, 0.3) is 11.8 Å². The van der Waals surface area contributed by atoms with Gasteiger partial charge < -0.3 is 30.1 Å². The van der Waals surface area contributed by atoms with Crippen LogP contribution in [-0.4, -0.2) is 88.9 Å². The van der Waals surface area contributed by atoms with Crippen molar-refractivity contribution in [2.45, 2.75) is 43.9 Å². The van der Waals surface area contributed by atoms with Gasteiger partial charge in [0.1, 0.15) is 29.9 Å². The molecule has 16 heteroatoms. The number of esters is 2. The molecule has 13 nitrogen and oxygen atoms in total. The smallest absolute Gasteiger partial charge is 0.358 e. The Morgan fingerprint density at radius 2 is 2.10 bits per heavy atom. The molecule has 2 fully saturated rings. The molecule has 0 aromatic carbocycles. The number of aromatic nitrogens is 1. The van der Waals surface area contributed by atoms with Crippen LogP contribution in [0.3, 0.4) is 0 Å². The van der Waals surface area contributed by atoms with E-state index >= 15 is 0 Å². The highest BCUT2D eigenvalue weighted by molar-refractivity contribution is 8.06. The van der Waals surface area contributed by atoms with Crippen LogP contribution in [0.4, 0.5) is 5.13 Å². The Balaban J connectivity index is 1.50.